The van der Waals surface area contributed by atoms with Crippen molar-refractivity contribution in [1.82, 2.24) is 10.2 Å². The number of nitrogens with zero attached hydrogens (tertiary/aromatic N) is 2. The predicted molar refractivity (Wildman–Crippen MR) is 117 cm³/mol. The van der Waals surface area contributed by atoms with Crippen molar-refractivity contribution < 1.29 is 22.7 Å². The Morgan fingerprint density at radius 2 is 1.90 bits per heavy atom. The number of amides is 2. The number of carbonyl (C=O) groups is 2. The van der Waals surface area contributed by atoms with Gasteiger partial charge in [0, 0.05) is 11.8 Å². The van der Waals surface area contributed by atoms with Gasteiger partial charge in [0.2, 0.25) is 0 Å². The molecule has 8 nitrogen and oxygen atoms in total. The van der Waals surface area contributed by atoms with E-state index in [4.69, 9.17) is 4.74 Å². The average molecular weight is 454 g/mol. The molecule has 2 amide bonds. The smallest absolute Gasteiger partial charge is 0.408 e. The molecular weight excluding hydrogens is 426 g/mol. The maximum atomic E-state index is 12.3. The molecule has 0 saturated carbocycles. The van der Waals surface area contributed by atoms with E-state index in [2.05, 4.69) is 10.3 Å². The number of aliphatic imine (C=N–C) groups is 1. The molecule has 10 heteroatoms. The number of thioether (sulfide) groups is 1. The number of hydrogen-bond acceptors (Lipinski definition) is 6. The molecule has 164 valence electrons. The fourth-order valence-electron chi connectivity index (χ4n) is 3.32. The number of amidine groups is 1. The van der Waals surface area contributed by atoms with Crippen molar-refractivity contribution in [3.8, 4) is 0 Å². The Hall–Kier alpha value is -2.07. The van der Waals surface area contributed by atoms with Crippen LogP contribution in [0.4, 0.5) is 4.79 Å². The van der Waals surface area contributed by atoms with Crippen LogP contribution in [0.25, 0.3) is 0 Å². The lowest BCUT2D eigenvalue weighted by atomic mass is 10.1. The Morgan fingerprint density at radius 3 is 2.53 bits per heavy atom. The lowest BCUT2D eigenvalue weighted by molar-refractivity contribution is -0.117. The van der Waals surface area contributed by atoms with Crippen LogP contribution in [-0.2, 0) is 25.9 Å². The zero-order valence-corrected chi connectivity index (χ0v) is 19.2. The highest BCUT2D eigenvalue weighted by Crippen LogP contribution is 2.39. The third kappa shape index (κ3) is 5.98. The van der Waals surface area contributed by atoms with E-state index in [1.807, 2.05) is 36.1 Å². The van der Waals surface area contributed by atoms with Gasteiger partial charge in [0.05, 0.1) is 17.5 Å². The van der Waals surface area contributed by atoms with Gasteiger partial charge in [-0.15, -0.1) is 0 Å². The molecule has 30 heavy (non-hydrogen) atoms. The molecule has 1 N–H and O–H groups in total. The minimum Gasteiger partial charge on any atom is -0.444 e. The number of benzene rings is 1. The van der Waals surface area contributed by atoms with Crippen LogP contribution >= 0.6 is 11.8 Å². The maximum absolute atomic E-state index is 12.3. The minimum atomic E-state index is -3.10. The summed E-state index contributed by atoms with van der Waals surface area (Å²) in [5.41, 5.74) is 1.49. The van der Waals surface area contributed by atoms with Gasteiger partial charge in [-0.05, 0) is 33.3 Å². The first-order valence-electron chi connectivity index (χ1n) is 9.69. The van der Waals surface area contributed by atoms with Gasteiger partial charge in [0.15, 0.2) is 15.0 Å². The van der Waals surface area contributed by atoms with Gasteiger partial charge < -0.3 is 15.0 Å². The van der Waals surface area contributed by atoms with Gasteiger partial charge in [-0.3, -0.25) is 4.79 Å². The Kier molecular flexibility index (Phi) is 6.47. The highest BCUT2D eigenvalue weighted by molar-refractivity contribution is 8.15. The second kappa shape index (κ2) is 8.58. The number of alkyl carbamates (subject to hydrolysis) is 1. The number of nitrogens with one attached hydrogen (secondary N) is 1. The highest BCUT2D eigenvalue weighted by Gasteiger charge is 2.48. The van der Waals surface area contributed by atoms with Crippen molar-refractivity contribution in [1.29, 1.82) is 0 Å². The summed E-state index contributed by atoms with van der Waals surface area (Å²) in [6.45, 7) is 7.39. The summed E-state index contributed by atoms with van der Waals surface area (Å²) < 4.78 is 29.3. The quantitative estimate of drug-likeness (QED) is 0.744. The number of sulfone groups is 1. The zero-order chi connectivity index (χ0) is 22.1. The fourth-order valence-corrected chi connectivity index (χ4v) is 7.29. The Morgan fingerprint density at radius 1 is 1.23 bits per heavy atom. The molecule has 2 saturated heterocycles. The normalized spacial score (nSPS) is 24.0. The van der Waals surface area contributed by atoms with Gasteiger partial charge >= 0.3 is 6.09 Å². The van der Waals surface area contributed by atoms with Crippen LogP contribution in [-0.4, -0.2) is 65.4 Å². The topological polar surface area (TPSA) is 105 Å². The molecule has 0 spiro atoms. The molecule has 1 aromatic carbocycles. The zero-order valence-electron chi connectivity index (χ0n) is 17.5. The van der Waals surface area contributed by atoms with Crippen LogP contribution in [0.2, 0.25) is 0 Å². The van der Waals surface area contributed by atoms with Crippen molar-refractivity contribution in [2.45, 2.75) is 51.1 Å². The molecule has 2 atom stereocenters. The number of rotatable bonds is 4. The standard InChI is InChI=1S/C20H27N3O5S2/c1-13-5-7-14(8-6-13)10-23-15-11-30(26,27)12-16(15)29-18(23)22-17(24)9-21-19(25)28-20(2,3)4/h5-8,15-16H,9-12H2,1-4H3,(H,21,25)/t15-,16-/m0/s1. The maximum Gasteiger partial charge on any atom is 0.408 e. The van der Waals surface area contributed by atoms with Crippen molar-refractivity contribution >= 4 is 38.8 Å². The van der Waals surface area contributed by atoms with E-state index in [0.717, 1.165) is 11.1 Å². The van der Waals surface area contributed by atoms with Crippen molar-refractivity contribution in [2.24, 2.45) is 4.99 Å². The molecule has 2 fully saturated rings. The van der Waals surface area contributed by atoms with E-state index in [9.17, 15) is 18.0 Å². The van der Waals surface area contributed by atoms with Crippen LogP contribution in [0.1, 0.15) is 31.9 Å². The summed E-state index contributed by atoms with van der Waals surface area (Å²) in [4.78, 5) is 30.2. The van der Waals surface area contributed by atoms with E-state index < -0.39 is 27.4 Å². The summed E-state index contributed by atoms with van der Waals surface area (Å²) in [6, 6.07) is 7.75. The largest absolute Gasteiger partial charge is 0.444 e. The molecule has 0 radical (unpaired) electrons. The van der Waals surface area contributed by atoms with E-state index in [0.29, 0.717) is 11.7 Å². The van der Waals surface area contributed by atoms with Crippen LogP contribution < -0.4 is 5.32 Å². The SMILES string of the molecule is Cc1ccc(CN2C(=NC(=O)CNC(=O)OC(C)(C)C)S[C@H]3CS(=O)(=O)C[C@@H]32)cc1. The van der Waals surface area contributed by atoms with Gasteiger partial charge in [-0.1, -0.05) is 41.6 Å². The van der Waals surface area contributed by atoms with Crippen molar-refractivity contribution in [2.75, 3.05) is 18.1 Å². The number of ether oxygens (including phenoxy) is 1. The second-order valence-electron chi connectivity index (χ2n) is 8.56. The Balaban J connectivity index is 1.72. The summed E-state index contributed by atoms with van der Waals surface area (Å²) in [7, 11) is -3.10. The van der Waals surface area contributed by atoms with Gasteiger partial charge in [-0.25, -0.2) is 13.2 Å². The Bertz CT molecular complexity index is 952. The molecular formula is C20H27N3O5S2. The summed E-state index contributed by atoms with van der Waals surface area (Å²) in [5.74, 6) is -0.379. The first-order chi connectivity index (χ1) is 13.9. The molecule has 0 aromatic heterocycles. The molecule has 0 bridgehead atoms. The predicted octanol–water partition coefficient (Wildman–Crippen LogP) is 2.12. The number of fused-ring (bicyclic) bond motifs is 1. The summed E-state index contributed by atoms with van der Waals surface area (Å²) in [6.07, 6.45) is -0.686. The first kappa shape index (κ1) is 22.6. The van der Waals surface area contributed by atoms with Gasteiger partial charge in [-0.2, -0.15) is 4.99 Å². The van der Waals surface area contributed by atoms with E-state index in [1.54, 1.807) is 20.8 Å². The molecule has 0 aliphatic carbocycles. The highest BCUT2D eigenvalue weighted by atomic mass is 32.2. The van der Waals surface area contributed by atoms with Crippen LogP contribution in [0.3, 0.4) is 0 Å². The van der Waals surface area contributed by atoms with Crippen molar-refractivity contribution in [3.05, 3.63) is 35.4 Å². The monoisotopic (exact) mass is 453 g/mol. The van der Waals surface area contributed by atoms with Gasteiger partial charge in [0.25, 0.3) is 5.91 Å². The second-order valence-corrected chi connectivity index (χ2v) is 11.9. The third-order valence-corrected chi connectivity index (χ3v) is 7.90. The lowest BCUT2D eigenvalue weighted by Crippen LogP contribution is -2.38. The molecule has 0 unspecified atom stereocenters. The lowest BCUT2D eigenvalue weighted by Gasteiger charge is -2.24. The minimum absolute atomic E-state index is 0.0555. The first-order valence-corrected chi connectivity index (χ1v) is 12.4. The molecule has 2 aliphatic heterocycles. The molecule has 2 heterocycles. The molecule has 3 rings (SSSR count). The average Bonchev–Trinajstić information content (AvgIpc) is 3.06. The van der Waals surface area contributed by atoms with Crippen LogP contribution in [0, 0.1) is 6.92 Å². The van der Waals surface area contributed by atoms with Crippen LogP contribution in [0.15, 0.2) is 29.3 Å². The molecule has 1 aromatic rings. The fraction of sp³-hybridized carbons (Fsp3) is 0.550. The van der Waals surface area contributed by atoms with Crippen molar-refractivity contribution in [3.63, 3.8) is 0 Å². The number of hydrogen-bond donors (Lipinski definition) is 1. The summed E-state index contributed by atoms with van der Waals surface area (Å²) >= 11 is 1.32. The van der Waals surface area contributed by atoms with E-state index >= 15 is 0 Å². The number of aryl methyl sites for hydroxylation is 1. The third-order valence-electron chi connectivity index (χ3n) is 4.65. The Labute approximate surface area is 181 Å². The van der Waals surface area contributed by atoms with E-state index in [-0.39, 0.29) is 29.3 Å². The van der Waals surface area contributed by atoms with Crippen LogP contribution in [0.5, 0.6) is 0 Å². The van der Waals surface area contributed by atoms with E-state index in [1.165, 1.54) is 11.8 Å². The number of carbonyl (C=O) groups excluding carboxylic acids is 2. The molecule has 2 aliphatic rings. The van der Waals surface area contributed by atoms with Gasteiger partial charge in [0.1, 0.15) is 12.1 Å². The summed E-state index contributed by atoms with van der Waals surface area (Å²) in [5, 5.41) is 2.76.